The van der Waals surface area contributed by atoms with E-state index in [0.717, 1.165) is 23.9 Å². The molecule has 2 fully saturated rings. The number of benzene rings is 2. The van der Waals surface area contributed by atoms with Crippen molar-refractivity contribution in [1.29, 1.82) is 0 Å². The van der Waals surface area contributed by atoms with Crippen LogP contribution >= 0.6 is 0 Å². The van der Waals surface area contributed by atoms with Crippen LogP contribution in [0.2, 0.25) is 0 Å². The third kappa shape index (κ3) is 3.75. The molecule has 1 aromatic heterocycles. The third-order valence-electron chi connectivity index (χ3n) is 7.42. The van der Waals surface area contributed by atoms with Crippen LogP contribution in [0.4, 0.5) is 0 Å². The van der Waals surface area contributed by atoms with Crippen molar-refractivity contribution >= 4 is 26.8 Å². The molecule has 2 aliphatic carbocycles. The van der Waals surface area contributed by atoms with Crippen LogP contribution < -0.4 is 5.73 Å². The topological polar surface area (TPSA) is 115 Å². The fraction of sp³-hybridized carbons (Fsp3) is 0.440. The van der Waals surface area contributed by atoms with Gasteiger partial charge >= 0.3 is 0 Å². The number of sulfone groups is 1. The van der Waals surface area contributed by atoms with Gasteiger partial charge in [0.25, 0.3) is 0 Å². The van der Waals surface area contributed by atoms with E-state index in [1.54, 1.807) is 12.1 Å². The number of amides is 1. The van der Waals surface area contributed by atoms with Gasteiger partial charge in [-0.15, -0.1) is 0 Å². The number of imidazole rings is 1. The average Bonchev–Trinajstić information content (AvgIpc) is 3.53. The fourth-order valence-corrected chi connectivity index (χ4v) is 6.09. The lowest BCUT2D eigenvalue weighted by Gasteiger charge is -2.42. The molecule has 5 rings (SSSR count). The number of carbonyl (C=O) groups excluding carboxylic acids is 1. The van der Waals surface area contributed by atoms with E-state index < -0.39 is 20.9 Å². The van der Waals surface area contributed by atoms with Gasteiger partial charge in [-0.25, -0.2) is 13.4 Å². The van der Waals surface area contributed by atoms with Gasteiger partial charge in [0.1, 0.15) is 16.9 Å². The molecular weight excluding hydrogens is 438 g/mol. The van der Waals surface area contributed by atoms with Crippen LogP contribution in [0.15, 0.2) is 53.4 Å². The van der Waals surface area contributed by atoms with E-state index in [4.69, 9.17) is 10.7 Å². The summed E-state index contributed by atoms with van der Waals surface area (Å²) in [4.78, 5) is 17.5. The zero-order valence-electron chi connectivity index (χ0n) is 18.7. The summed E-state index contributed by atoms with van der Waals surface area (Å²) in [7, 11) is -3.48. The molecule has 33 heavy (non-hydrogen) atoms. The van der Waals surface area contributed by atoms with Crippen LogP contribution in [0.5, 0.6) is 0 Å². The first-order valence-electron chi connectivity index (χ1n) is 11.4. The van der Waals surface area contributed by atoms with E-state index in [0.29, 0.717) is 49.5 Å². The Bertz CT molecular complexity index is 1320. The summed E-state index contributed by atoms with van der Waals surface area (Å²) >= 11 is 0. The fourth-order valence-electron chi connectivity index (χ4n) is 5.27. The highest BCUT2D eigenvalue weighted by molar-refractivity contribution is 7.91. The van der Waals surface area contributed by atoms with Crippen molar-refractivity contribution in [1.82, 2.24) is 9.55 Å². The predicted octanol–water partition coefficient (Wildman–Crippen LogP) is 3.03. The first-order valence-corrected chi connectivity index (χ1v) is 13.3. The van der Waals surface area contributed by atoms with Crippen LogP contribution in [0.1, 0.15) is 49.9 Å². The quantitative estimate of drug-likeness (QED) is 0.578. The average molecular weight is 468 g/mol. The molecule has 8 heteroatoms. The molecule has 0 radical (unpaired) electrons. The molecule has 0 spiro atoms. The zero-order valence-corrected chi connectivity index (χ0v) is 19.5. The second-order valence-corrected chi connectivity index (χ2v) is 11.7. The highest BCUT2D eigenvalue weighted by Gasteiger charge is 2.49. The van der Waals surface area contributed by atoms with Crippen molar-refractivity contribution in [3.05, 3.63) is 59.9 Å². The molecule has 3 N–H and O–H groups in total. The normalized spacial score (nSPS) is 25.9. The Balaban J connectivity index is 1.58. The lowest BCUT2D eigenvalue weighted by Crippen LogP contribution is -2.48. The van der Waals surface area contributed by atoms with Gasteiger partial charge in [0, 0.05) is 12.8 Å². The molecule has 3 aromatic rings. The van der Waals surface area contributed by atoms with E-state index in [2.05, 4.69) is 0 Å². The summed E-state index contributed by atoms with van der Waals surface area (Å²) in [6.45, 7) is 0.695. The van der Waals surface area contributed by atoms with Crippen LogP contribution in [0.3, 0.4) is 0 Å². The lowest BCUT2D eigenvalue weighted by atomic mass is 9.64. The maximum atomic E-state index is 12.6. The van der Waals surface area contributed by atoms with Gasteiger partial charge in [-0.2, -0.15) is 0 Å². The SMILES string of the molecule is CS(=O)(=O)c1cccc2c1nc([C@]1(O)CC[C@](C(N)=O)(c3ccccc3)CC1)n2CC1CC1. The summed E-state index contributed by atoms with van der Waals surface area (Å²) in [6, 6.07) is 14.7. The van der Waals surface area contributed by atoms with Crippen molar-refractivity contribution < 1.29 is 18.3 Å². The zero-order chi connectivity index (χ0) is 23.4. The van der Waals surface area contributed by atoms with Gasteiger partial charge in [0.2, 0.25) is 5.91 Å². The molecule has 174 valence electrons. The van der Waals surface area contributed by atoms with E-state index in [1.807, 2.05) is 41.0 Å². The molecule has 2 aromatic carbocycles. The van der Waals surface area contributed by atoms with Gasteiger partial charge in [0.05, 0.1) is 15.8 Å². The molecule has 0 atom stereocenters. The highest BCUT2D eigenvalue weighted by Crippen LogP contribution is 2.48. The third-order valence-corrected chi connectivity index (χ3v) is 8.55. The van der Waals surface area contributed by atoms with Crippen molar-refractivity contribution in [2.45, 2.75) is 61.0 Å². The van der Waals surface area contributed by atoms with Crippen LogP contribution in [0, 0.1) is 5.92 Å². The minimum Gasteiger partial charge on any atom is -0.382 e. The van der Waals surface area contributed by atoms with Crippen molar-refractivity contribution in [3.8, 4) is 0 Å². The van der Waals surface area contributed by atoms with Crippen LogP contribution in [-0.2, 0) is 32.2 Å². The Labute approximate surface area is 193 Å². The molecule has 1 amide bonds. The highest BCUT2D eigenvalue weighted by atomic mass is 32.2. The number of carbonyl (C=O) groups is 1. The number of aliphatic hydroxyl groups is 1. The summed E-state index contributed by atoms with van der Waals surface area (Å²) in [5, 5.41) is 11.8. The maximum absolute atomic E-state index is 12.6. The Hall–Kier alpha value is -2.71. The summed E-state index contributed by atoms with van der Waals surface area (Å²) < 4.78 is 26.8. The van der Waals surface area contributed by atoms with E-state index in [9.17, 15) is 18.3 Å². The monoisotopic (exact) mass is 467 g/mol. The molecule has 0 aliphatic heterocycles. The van der Waals surface area contributed by atoms with Gasteiger partial charge < -0.3 is 15.4 Å². The summed E-state index contributed by atoms with van der Waals surface area (Å²) in [5.41, 5.74) is 5.78. The molecule has 0 unspecified atom stereocenters. The lowest BCUT2D eigenvalue weighted by molar-refractivity contribution is -0.127. The smallest absolute Gasteiger partial charge is 0.228 e. The minimum atomic E-state index is -3.48. The number of rotatable bonds is 6. The molecule has 0 saturated heterocycles. The Morgan fingerprint density at radius 2 is 1.76 bits per heavy atom. The summed E-state index contributed by atoms with van der Waals surface area (Å²) in [6.07, 6.45) is 4.82. The molecule has 0 bridgehead atoms. The van der Waals surface area contributed by atoms with Crippen LogP contribution in [-0.4, -0.2) is 35.2 Å². The number of para-hydroxylation sites is 1. The Kier molecular flexibility index (Phi) is 5.14. The molecule has 7 nitrogen and oxygen atoms in total. The summed E-state index contributed by atoms with van der Waals surface area (Å²) in [5.74, 6) is 0.609. The van der Waals surface area contributed by atoms with Crippen molar-refractivity contribution in [3.63, 3.8) is 0 Å². The standard InChI is InChI=1S/C25H29N3O4S/c1-33(31,32)20-9-5-8-19-21(20)27-23(28(19)16-17-10-11-17)25(30)14-12-24(13-15-25,22(26)29)18-6-3-2-4-7-18/h2-9,17,30H,10-16H2,1H3,(H2,26,29)/t24-,25+. The van der Waals surface area contributed by atoms with Crippen LogP contribution in [0.25, 0.3) is 11.0 Å². The van der Waals surface area contributed by atoms with E-state index in [1.165, 1.54) is 6.26 Å². The van der Waals surface area contributed by atoms with Gasteiger partial charge in [-0.1, -0.05) is 36.4 Å². The van der Waals surface area contributed by atoms with Crippen molar-refractivity contribution in [2.75, 3.05) is 6.26 Å². The Morgan fingerprint density at radius 3 is 2.33 bits per heavy atom. The molecule has 2 saturated carbocycles. The van der Waals surface area contributed by atoms with Gasteiger partial charge in [0.15, 0.2) is 9.84 Å². The van der Waals surface area contributed by atoms with Gasteiger partial charge in [-0.3, -0.25) is 4.79 Å². The number of nitrogens with zero attached hydrogens (tertiary/aromatic N) is 2. The second-order valence-electron chi connectivity index (χ2n) is 9.73. The second kappa shape index (κ2) is 7.67. The van der Waals surface area contributed by atoms with E-state index >= 15 is 0 Å². The number of hydrogen-bond acceptors (Lipinski definition) is 5. The number of primary amides is 1. The number of hydrogen-bond donors (Lipinski definition) is 2. The number of aromatic nitrogens is 2. The maximum Gasteiger partial charge on any atom is 0.228 e. The van der Waals surface area contributed by atoms with Gasteiger partial charge in [-0.05, 0) is 62.1 Å². The largest absolute Gasteiger partial charge is 0.382 e. The number of nitrogens with two attached hydrogens (primary N) is 1. The first kappa shape index (κ1) is 22.1. The molecular formula is C25H29N3O4S. The Morgan fingerprint density at radius 1 is 1.09 bits per heavy atom. The first-order chi connectivity index (χ1) is 15.6. The molecule has 2 aliphatic rings. The van der Waals surface area contributed by atoms with Crippen molar-refractivity contribution in [2.24, 2.45) is 11.7 Å². The minimum absolute atomic E-state index is 0.172. The van der Waals surface area contributed by atoms with E-state index in [-0.39, 0.29) is 10.8 Å². The predicted molar refractivity (Wildman–Crippen MR) is 125 cm³/mol. The number of fused-ring (bicyclic) bond motifs is 1. The molecule has 1 heterocycles.